The van der Waals surface area contributed by atoms with Gasteiger partial charge in [0.1, 0.15) is 5.76 Å². The van der Waals surface area contributed by atoms with Crippen LogP contribution in [0.5, 0.6) is 0 Å². The van der Waals surface area contributed by atoms with Gasteiger partial charge >= 0.3 is 0 Å². The number of nitrogens with one attached hydrogen (secondary N) is 1. The van der Waals surface area contributed by atoms with Crippen molar-refractivity contribution in [2.75, 3.05) is 20.1 Å². The van der Waals surface area contributed by atoms with Crippen LogP contribution < -0.4 is 5.32 Å². The molecule has 0 aromatic carbocycles. The van der Waals surface area contributed by atoms with E-state index in [1.807, 2.05) is 19.1 Å². The van der Waals surface area contributed by atoms with Gasteiger partial charge in [-0.25, -0.2) is 4.98 Å². The minimum absolute atomic E-state index is 0.767. The van der Waals surface area contributed by atoms with Crippen molar-refractivity contribution in [1.29, 1.82) is 0 Å². The molecule has 0 aliphatic heterocycles. The van der Waals surface area contributed by atoms with Gasteiger partial charge in [0.25, 0.3) is 0 Å². The number of guanidine groups is 1. The summed E-state index contributed by atoms with van der Waals surface area (Å²) < 4.78 is 5.37. The first-order valence-electron chi connectivity index (χ1n) is 8.12. The Balaban J connectivity index is 1.90. The van der Waals surface area contributed by atoms with E-state index >= 15 is 0 Å². The van der Waals surface area contributed by atoms with Crippen molar-refractivity contribution in [3.63, 3.8) is 0 Å². The van der Waals surface area contributed by atoms with Crippen molar-refractivity contribution in [3.8, 4) is 0 Å². The van der Waals surface area contributed by atoms with Gasteiger partial charge < -0.3 is 14.6 Å². The summed E-state index contributed by atoms with van der Waals surface area (Å²) in [7, 11) is 2.05. The highest BCUT2D eigenvalue weighted by Gasteiger charge is 2.09. The lowest BCUT2D eigenvalue weighted by atomic mass is 10.3. The second kappa shape index (κ2) is 9.35. The Labute approximate surface area is 142 Å². The molecule has 126 valence electrons. The van der Waals surface area contributed by atoms with Gasteiger partial charge in [-0.3, -0.25) is 4.99 Å². The minimum atomic E-state index is 0.767. The third-order valence-corrected chi connectivity index (χ3v) is 4.26. The standard InChI is InChI=1S/C17H26N4OS/c1-4-5-9-18-17(19-10-8-16-7-6-11-22-16)21(3)12-15-13-23-14(2)20-15/h6-7,11,13H,4-5,8-10,12H2,1-3H3,(H,18,19). The van der Waals surface area contributed by atoms with E-state index in [0.29, 0.717) is 0 Å². The fraction of sp³-hybridized carbons (Fsp3) is 0.529. The summed E-state index contributed by atoms with van der Waals surface area (Å²) in [4.78, 5) is 11.4. The summed E-state index contributed by atoms with van der Waals surface area (Å²) >= 11 is 1.69. The molecular formula is C17H26N4OS. The zero-order valence-electron chi connectivity index (χ0n) is 14.2. The molecule has 2 aromatic rings. The van der Waals surface area contributed by atoms with Crippen molar-refractivity contribution in [2.24, 2.45) is 4.99 Å². The van der Waals surface area contributed by atoms with Crippen LogP contribution in [-0.2, 0) is 13.0 Å². The maximum atomic E-state index is 5.37. The number of aromatic nitrogens is 1. The maximum Gasteiger partial charge on any atom is 0.194 e. The number of furan rings is 1. The molecule has 2 aromatic heterocycles. The summed E-state index contributed by atoms with van der Waals surface area (Å²) in [6, 6.07) is 3.92. The van der Waals surface area contributed by atoms with Gasteiger partial charge in [-0.2, -0.15) is 0 Å². The van der Waals surface area contributed by atoms with E-state index in [1.165, 1.54) is 0 Å². The van der Waals surface area contributed by atoms with Gasteiger partial charge in [-0.1, -0.05) is 13.3 Å². The number of nitrogens with zero attached hydrogens (tertiary/aromatic N) is 3. The predicted molar refractivity (Wildman–Crippen MR) is 95.9 cm³/mol. The van der Waals surface area contributed by atoms with Crippen molar-refractivity contribution in [3.05, 3.63) is 40.2 Å². The zero-order chi connectivity index (χ0) is 16.5. The SMILES string of the molecule is CCCCN=C(NCCc1ccco1)N(C)Cc1csc(C)n1. The molecule has 2 heterocycles. The van der Waals surface area contributed by atoms with Crippen LogP contribution in [0.25, 0.3) is 0 Å². The van der Waals surface area contributed by atoms with E-state index in [-0.39, 0.29) is 0 Å². The fourth-order valence-electron chi connectivity index (χ4n) is 2.21. The Hall–Kier alpha value is -1.82. The van der Waals surface area contributed by atoms with Crippen LogP contribution in [0, 0.1) is 6.92 Å². The second-order valence-electron chi connectivity index (χ2n) is 5.53. The summed E-state index contributed by atoms with van der Waals surface area (Å²) in [6.45, 7) is 6.63. The molecule has 1 N–H and O–H groups in total. The summed E-state index contributed by atoms with van der Waals surface area (Å²) in [5.41, 5.74) is 1.09. The summed E-state index contributed by atoms with van der Waals surface area (Å²) in [6.07, 6.45) is 4.82. The molecule has 0 spiro atoms. The van der Waals surface area contributed by atoms with Crippen molar-refractivity contribution >= 4 is 17.3 Å². The number of aryl methyl sites for hydroxylation is 1. The third-order valence-electron chi connectivity index (χ3n) is 3.44. The molecule has 0 aliphatic rings. The smallest absolute Gasteiger partial charge is 0.194 e. The molecule has 23 heavy (non-hydrogen) atoms. The normalized spacial score (nSPS) is 11.7. The van der Waals surface area contributed by atoms with E-state index in [0.717, 1.165) is 61.3 Å². The van der Waals surface area contributed by atoms with Crippen molar-refractivity contribution in [1.82, 2.24) is 15.2 Å². The predicted octanol–water partition coefficient (Wildman–Crippen LogP) is 3.46. The molecule has 0 aliphatic carbocycles. The Kier molecular flexibility index (Phi) is 7.13. The van der Waals surface area contributed by atoms with Crippen LogP contribution in [0.1, 0.15) is 36.2 Å². The summed E-state index contributed by atoms with van der Waals surface area (Å²) in [5.74, 6) is 1.92. The summed E-state index contributed by atoms with van der Waals surface area (Å²) in [5, 5.41) is 6.65. The average Bonchev–Trinajstić information content (AvgIpc) is 3.17. The average molecular weight is 334 g/mol. The van der Waals surface area contributed by atoms with Gasteiger partial charge in [0.2, 0.25) is 0 Å². The number of aliphatic imine (C=N–C) groups is 1. The minimum Gasteiger partial charge on any atom is -0.469 e. The van der Waals surface area contributed by atoms with Gasteiger partial charge in [0.05, 0.1) is 23.5 Å². The monoisotopic (exact) mass is 334 g/mol. The first-order valence-corrected chi connectivity index (χ1v) is 9.00. The molecule has 0 unspecified atom stereocenters. The van der Waals surface area contributed by atoms with Gasteiger partial charge in [0, 0.05) is 31.9 Å². The highest BCUT2D eigenvalue weighted by Crippen LogP contribution is 2.10. The molecule has 0 saturated carbocycles. The lowest BCUT2D eigenvalue weighted by Gasteiger charge is -2.21. The van der Waals surface area contributed by atoms with Gasteiger partial charge in [-0.15, -0.1) is 11.3 Å². The van der Waals surface area contributed by atoms with Crippen LogP contribution in [-0.4, -0.2) is 36.0 Å². The molecule has 0 saturated heterocycles. The molecule has 5 nitrogen and oxygen atoms in total. The Bertz CT molecular complexity index is 592. The van der Waals surface area contributed by atoms with E-state index in [4.69, 9.17) is 9.41 Å². The maximum absolute atomic E-state index is 5.37. The molecule has 2 rings (SSSR count). The van der Waals surface area contributed by atoms with E-state index in [1.54, 1.807) is 17.6 Å². The zero-order valence-corrected chi connectivity index (χ0v) is 15.0. The molecule has 0 atom stereocenters. The molecule has 0 amide bonds. The number of rotatable bonds is 8. The first kappa shape index (κ1) is 17.5. The number of hydrogen-bond acceptors (Lipinski definition) is 4. The number of hydrogen-bond donors (Lipinski definition) is 1. The highest BCUT2D eigenvalue weighted by atomic mass is 32.1. The van der Waals surface area contributed by atoms with Crippen molar-refractivity contribution in [2.45, 2.75) is 39.7 Å². The Morgan fingerprint density at radius 1 is 1.48 bits per heavy atom. The number of unbranched alkanes of at least 4 members (excludes halogenated alkanes) is 1. The van der Waals surface area contributed by atoms with Crippen LogP contribution in [0.15, 0.2) is 33.2 Å². The second-order valence-corrected chi connectivity index (χ2v) is 6.59. The highest BCUT2D eigenvalue weighted by molar-refractivity contribution is 7.09. The van der Waals surface area contributed by atoms with E-state index < -0.39 is 0 Å². The van der Waals surface area contributed by atoms with Crippen molar-refractivity contribution < 1.29 is 4.42 Å². The first-order chi connectivity index (χ1) is 11.2. The quantitative estimate of drug-likeness (QED) is 0.456. The lowest BCUT2D eigenvalue weighted by molar-refractivity contribution is 0.463. The van der Waals surface area contributed by atoms with Crippen LogP contribution in [0.2, 0.25) is 0 Å². The van der Waals surface area contributed by atoms with Gasteiger partial charge in [-0.05, 0) is 25.5 Å². The topological polar surface area (TPSA) is 53.7 Å². The molecule has 6 heteroatoms. The molecule has 0 bridgehead atoms. The van der Waals surface area contributed by atoms with Gasteiger partial charge in [0.15, 0.2) is 5.96 Å². The molecular weight excluding hydrogens is 308 g/mol. The Morgan fingerprint density at radius 2 is 2.35 bits per heavy atom. The third kappa shape index (κ3) is 6.06. The number of thiazole rings is 1. The fourth-order valence-corrected chi connectivity index (χ4v) is 2.81. The van der Waals surface area contributed by atoms with E-state index in [2.05, 4.69) is 34.6 Å². The van der Waals surface area contributed by atoms with E-state index in [9.17, 15) is 0 Å². The lowest BCUT2D eigenvalue weighted by Crippen LogP contribution is -2.39. The van der Waals surface area contributed by atoms with Crippen LogP contribution in [0.3, 0.4) is 0 Å². The van der Waals surface area contributed by atoms with Crippen LogP contribution >= 0.6 is 11.3 Å². The molecule has 0 fully saturated rings. The Morgan fingerprint density at radius 3 is 3.00 bits per heavy atom. The molecule has 0 radical (unpaired) electrons. The van der Waals surface area contributed by atoms with Crippen LogP contribution in [0.4, 0.5) is 0 Å². The largest absolute Gasteiger partial charge is 0.469 e.